The molecule has 0 unspecified atom stereocenters. The fraction of sp³-hybridized carbons (Fsp3) is 0.111. The summed E-state index contributed by atoms with van der Waals surface area (Å²) in [5.41, 5.74) is 6.45. The van der Waals surface area contributed by atoms with Gasteiger partial charge in [-0.05, 0) is 13.0 Å². The van der Waals surface area contributed by atoms with E-state index in [1.165, 1.54) is 6.20 Å². The van der Waals surface area contributed by atoms with Crippen molar-refractivity contribution in [2.75, 3.05) is 5.73 Å². The molecule has 0 saturated carbocycles. The molecular formula is C9H8N2O3. The van der Waals surface area contributed by atoms with Crippen LogP contribution in [0.25, 0.3) is 10.9 Å². The molecule has 0 aromatic carbocycles. The van der Waals surface area contributed by atoms with Gasteiger partial charge in [0.25, 0.3) is 0 Å². The fourth-order valence-corrected chi connectivity index (χ4v) is 1.42. The topological polar surface area (TPSA) is 89.3 Å². The number of rotatable bonds is 1. The number of nitrogens with two attached hydrogens (primary N) is 1. The van der Waals surface area contributed by atoms with E-state index in [2.05, 4.69) is 4.98 Å². The molecule has 0 radical (unpaired) electrons. The summed E-state index contributed by atoms with van der Waals surface area (Å²) in [6, 6.07) is 1.61. The molecule has 5 heteroatoms. The van der Waals surface area contributed by atoms with E-state index in [1.807, 2.05) is 0 Å². The number of furan rings is 1. The van der Waals surface area contributed by atoms with E-state index < -0.39 is 5.97 Å². The Kier molecular flexibility index (Phi) is 1.67. The van der Waals surface area contributed by atoms with E-state index in [0.29, 0.717) is 22.4 Å². The number of anilines is 1. The molecule has 0 aliphatic heterocycles. The van der Waals surface area contributed by atoms with E-state index >= 15 is 0 Å². The van der Waals surface area contributed by atoms with Gasteiger partial charge in [0.2, 0.25) is 5.76 Å². The van der Waals surface area contributed by atoms with E-state index in [1.54, 1.807) is 13.0 Å². The lowest BCUT2D eigenvalue weighted by atomic mass is 10.2. The molecule has 2 heterocycles. The summed E-state index contributed by atoms with van der Waals surface area (Å²) >= 11 is 0. The lowest BCUT2D eigenvalue weighted by Gasteiger charge is -1.93. The van der Waals surface area contributed by atoms with Crippen LogP contribution in [0.2, 0.25) is 0 Å². The predicted octanol–water partition coefficient (Wildman–Crippen LogP) is 1.42. The lowest BCUT2D eigenvalue weighted by Crippen LogP contribution is -1.95. The number of carbonyl (C=O) groups is 1. The Balaban J connectivity index is 2.91. The first kappa shape index (κ1) is 8.55. The third-order valence-electron chi connectivity index (χ3n) is 2.00. The number of carboxylic acids is 1. The number of aryl methyl sites for hydroxylation is 1. The summed E-state index contributed by atoms with van der Waals surface area (Å²) < 4.78 is 5.07. The van der Waals surface area contributed by atoms with Crippen LogP contribution in [0, 0.1) is 6.92 Å². The first-order valence-electron chi connectivity index (χ1n) is 3.98. The Morgan fingerprint density at radius 3 is 3.00 bits per heavy atom. The number of carboxylic acid groups (broad SMARTS) is 1. The van der Waals surface area contributed by atoms with Gasteiger partial charge in [-0.25, -0.2) is 4.79 Å². The van der Waals surface area contributed by atoms with E-state index in [0.717, 1.165) is 0 Å². The molecule has 72 valence electrons. The summed E-state index contributed by atoms with van der Waals surface area (Å²) in [4.78, 5) is 14.7. The standard InChI is InChI=1S/C9H8N2O3/c1-4-6-5(10)2-3-11-7(6)8(14-4)9(12)13/h2-3H,10H2,1H3,(H,12,13). The molecule has 2 aromatic heterocycles. The highest BCUT2D eigenvalue weighted by atomic mass is 16.4. The van der Waals surface area contributed by atoms with Gasteiger partial charge in [-0.15, -0.1) is 0 Å². The SMILES string of the molecule is Cc1oc(C(=O)O)c2nccc(N)c12. The van der Waals surface area contributed by atoms with Crippen LogP contribution in [0.1, 0.15) is 16.3 Å². The Morgan fingerprint density at radius 1 is 1.64 bits per heavy atom. The van der Waals surface area contributed by atoms with Gasteiger partial charge < -0.3 is 15.3 Å². The molecule has 2 rings (SSSR count). The van der Waals surface area contributed by atoms with Crippen molar-refractivity contribution in [1.29, 1.82) is 0 Å². The lowest BCUT2D eigenvalue weighted by molar-refractivity contribution is 0.0663. The fourth-order valence-electron chi connectivity index (χ4n) is 1.42. The maximum atomic E-state index is 10.8. The first-order chi connectivity index (χ1) is 6.61. The molecule has 0 aliphatic carbocycles. The zero-order valence-corrected chi connectivity index (χ0v) is 7.44. The maximum absolute atomic E-state index is 10.8. The molecular weight excluding hydrogens is 184 g/mol. The Bertz CT molecular complexity index is 516. The third-order valence-corrected chi connectivity index (χ3v) is 2.00. The van der Waals surface area contributed by atoms with Crippen LogP contribution in [0.15, 0.2) is 16.7 Å². The molecule has 0 atom stereocenters. The van der Waals surface area contributed by atoms with Crippen LogP contribution in [0.4, 0.5) is 5.69 Å². The zero-order chi connectivity index (χ0) is 10.3. The molecule has 3 N–H and O–H groups in total. The molecule has 0 aliphatic rings. The average molecular weight is 192 g/mol. The molecule has 0 fully saturated rings. The van der Waals surface area contributed by atoms with Gasteiger partial charge >= 0.3 is 5.97 Å². The van der Waals surface area contributed by atoms with Gasteiger partial charge in [0, 0.05) is 11.9 Å². The predicted molar refractivity (Wildman–Crippen MR) is 50.1 cm³/mol. The summed E-state index contributed by atoms with van der Waals surface area (Å²) in [6.07, 6.45) is 1.46. The van der Waals surface area contributed by atoms with Crippen molar-refractivity contribution in [2.24, 2.45) is 0 Å². The van der Waals surface area contributed by atoms with Crippen molar-refractivity contribution in [3.63, 3.8) is 0 Å². The highest BCUT2D eigenvalue weighted by Gasteiger charge is 2.18. The third kappa shape index (κ3) is 1.02. The number of fused-ring (bicyclic) bond motifs is 1. The maximum Gasteiger partial charge on any atom is 0.374 e. The molecule has 5 nitrogen and oxygen atoms in total. The molecule has 0 amide bonds. The van der Waals surface area contributed by atoms with Crippen molar-refractivity contribution >= 4 is 22.6 Å². The van der Waals surface area contributed by atoms with E-state index in [-0.39, 0.29) is 5.76 Å². The summed E-state index contributed by atoms with van der Waals surface area (Å²) in [5.74, 6) is -0.825. The van der Waals surface area contributed by atoms with Crippen molar-refractivity contribution in [3.8, 4) is 0 Å². The second kappa shape index (κ2) is 2.73. The van der Waals surface area contributed by atoms with Gasteiger partial charge in [0.05, 0.1) is 5.39 Å². The van der Waals surface area contributed by atoms with Crippen molar-refractivity contribution in [2.45, 2.75) is 6.92 Å². The smallest absolute Gasteiger partial charge is 0.374 e. The van der Waals surface area contributed by atoms with Crippen LogP contribution < -0.4 is 5.73 Å². The number of hydrogen-bond donors (Lipinski definition) is 2. The quantitative estimate of drug-likeness (QED) is 0.713. The van der Waals surface area contributed by atoms with Gasteiger partial charge in [-0.1, -0.05) is 0 Å². The molecule has 0 bridgehead atoms. The second-order valence-electron chi connectivity index (χ2n) is 2.92. The van der Waals surface area contributed by atoms with Crippen molar-refractivity contribution in [3.05, 3.63) is 23.8 Å². The number of nitrogens with zero attached hydrogens (tertiary/aromatic N) is 1. The summed E-state index contributed by atoms with van der Waals surface area (Å²) in [5, 5.41) is 9.39. The average Bonchev–Trinajstić information content (AvgIpc) is 2.45. The monoisotopic (exact) mass is 192 g/mol. The minimum atomic E-state index is -1.14. The number of hydrogen-bond acceptors (Lipinski definition) is 4. The van der Waals surface area contributed by atoms with Crippen LogP contribution in [0.3, 0.4) is 0 Å². The van der Waals surface area contributed by atoms with Crippen molar-refractivity contribution in [1.82, 2.24) is 4.98 Å². The molecule has 14 heavy (non-hydrogen) atoms. The Morgan fingerprint density at radius 2 is 2.36 bits per heavy atom. The Hall–Kier alpha value is -2.04. The first-order valence-corrected chi connectivity index (χ1v) is 3.98. The van der Waals surface area contributed by atoms with Crippen LogP contribution in [-0.2, 0) is 0 Å². The number of pyridine rings is 1. The molecule has 0 spiro atoms. The minimum absolute atomic E-state index is 0.162. The number of nitrogen functional groups attached to an aromatic ring is 1. The van der Waals surface area contributed by atoms with Crippen molar-refractivity contribution < 1.29 is 14.3 Å². The van der Waals surface area contributed by atoms with E-state index in [4.69, 9.17) is 15.3 Å². The highest BCUT2D eigenvalue weighted by Crippen LogP contribution is 2.28. The normalized spacial score (nSPS) is 10.6. The second-order valence-corrected chi connectivity index (χ2v) is 2.92. The number of aromatic carboxylic acids is 1. The highest BCUT2D eigenvalue weighted by molar-refractivity contribution is 6.04. The minimum Gasteiger partial charge on any atom is -0.475 e. The molecule has 0 saturated heterocycles. The molecule has 2 aromatic rings. The van der Waals surface area contributed by atoms with Gasteiger partial charge in [-0.3, -0.25) is 4.98 Å². The Labute approximate surface area is 79.2 Å². The van der Waals surface area contributed by atoms with Crippen LogP contribution >= 0.6 is 0 Å². The van der Waals surface area contributed by atoms with Gasteiger partial charge in [0.15, 0.2) is 0 Å². The van der Waals surface area contributed by atoms with E-state index in [9.17, 15) is 4.79 Å². The van der Waals surface area contributed by atoms with Crippen LogP contribution in [0.5, 0.6) is 0 Å². The summed E-state index contributed by atoms with van der Waals surface area (Å²) in [7, 11) is 0. The summed E-state index contributed by atoms with van der Waals surface area (Å²) in [6.45, 7) is 1.66. The number of aromatic nitrogens is 1. The van der Waals surface area contributed by atoms with Gasteiger partial charge in [0.1, 0.15) is 11.3 Å². The van der Waals surface area contributed by atoms with Gasteiger partial charge in [-0.2, -0.15) is 0 Å². The largest absolute Gasteiger partial charge is 0.475 e. The van der Waals surface area contributed by atoms with Crippen LogP contribution in [-0.4, -0.2) is 16.1 Å². The zero-order valence-electron chi connectivity index (χ0n) is 7.44.